The predicted octanol–water partition coefficient (Wildman–Crippen LogP) is 2.89. The number of hydrogen-bond acceptors (Lipinski definition) is 6. The highest BCUT2D eigenvalue weighted by molar-refractivity contribution is 7.09. The lowest BCUT2D eigenvalue weighted by Crippen LogP contribution is -2.02. The fourth-order valence-corrected chi connectivity index (χ4v) is 2.71. The van der Waals surface area contributed by atoms with Crippen LogP contribution in [0.3, 0.4) is 0 Å². The Kier molecular flexibility index (Phi) is 4.37. The molecule has 0 aliphatic heterocycles. The first-order valence-electron chi connectivity index (χ1n) is 6.75. The van der Waals surface area contributed by atoms with Crippen molar-refractivity contribution in [1.29, 1.82) is 0 Å². The molecule has 2 heterocycles. The number of nitrogens with one attached hydrogen (secondary N) is 1. The van der Waals surface area contributed by atoms with Crippen LogP contribution in [0.2, 0.25) is 0 Å². The molecule has 0 saturated carbocycles. The quantitative estimate of drug-likeness (QED) is 0.758. The van der Waals surface area contributed by atoms with Gasteiger partial charge in [-0.2, -0.15) is 4.37 Å². The molecule has 5 nitrogen and oxygen atoms in total. The van der Waals surface area contributed by atoms with Gasteiger partial charge in [-0.15, -0.1) is 0 Å². The summed E-state index contributed by atoms with van der Waals surface area (Å²) in [6.07, 6.45) is 2.57. The van der Waals surface area contributed by atoms with Gasteiger partial charge in [-0.25, -0.2) is 4.98 Å². The summed E-state index contributed by atoms with van der Waals surface area (Å²) < 4.78 is 9.32. The second kappa shape index (κ2) is 6.60. The Hall–Kier alpha value is -2.05. The van der Waals surface area contributed by atoms with Gasteiger partial charge in [-0.1, -0.05) is 24.3 Å². The average Bonchev–Trinajstić information content (AvgIpc) is 2.99. The highest BCUT2D eigenvalue weighted by atomic mass is 32.1. The lowest BCUT2D eigenvalue weighted by atomic mass is 10.1. The van der Waals surface area contributed by atoms with Crippen molar-refractivity contribution in [1.82, 2.24) is 14.3 Å². The van der Waals surface area contributed by atoms with Crippen LogP contribution in [0.4, 0.5) is 5.13 Å². The number of ether oxygens (including phenoxy) is 1. The minimum atomic E-state index is 0.639. The number of nitrogens with zero attached hydrogens (tertiary/aromatic N) is 3. The fraction of sp³-hybridized carbons (Fsp3) is 0.267. The van der Waals surface area contributed by atoms with Crippen LogP contribution in [0.5, 0.6) is 0 Å². The molecular weight excluding hydrogens is 284 g/mol. The average molecular weight is 300 g/mol. The molecular formula is C15H16N4OS. The number of rotatable bonds is 6. The molecule has 3 rings (SSSR count). The van der Waals surface area contributed by atoms with Gasteiger partial charge in [0.05, 0.1) is 18.8 Å². The van der Waals surface area contributed by atoms with E-state index in [0.29, 0.717) is 13.2 Å². The zero-order valence-electron chi connectivity index (χ0n) is 11.7. The van der Waals surface area contributed by atoms with Gasteiger partial charge in [-0.3, -0.25) is 4.98 Å². The number of aromatic nitrogens is 3. The molecule has 3 aromatic rings. The van der Waals surface area contributed by atoms with Crippen molar-refractivity contribution in [2.24, 2.45) is 0 Å². The molecule has 6 heteroatoms. The smallest absolute Gasteiger partial charge is 0.202 e. The van der Waals surface area contributed by atoms with Gasteiger partial charge in [-0.05, 0) is 11.5 Å². The maximum Gasteiger partial charge on any atom is 0.202 e. The number of anilines is 1. The van der Waals surface area contributed by atoms with E-state index in [1.54, 1.807) is 7.11 Å². The summed E-state index contributed by atoms with van der Waals surface area (Å²) in [5, 5.41) is 6.47. The van der Waals surface area contributed by atoms with Gasteiger partial charge >= 0.3 is 0 Å². The molecule has 2 aromatic heterocycles. The minimum Gasteiger partial charge on any atom is -0.384 e. The number of fused-ring (bicyclic) bond motifs is 1. The van der Waals surface area contributed by atoms with Gasteiger partial charge in [0.25, 0.3) is 0 Å². The van der Waals surface area contributed by atoms with Crippen LogP contribution in [0.1, 0.15) is 11.5 Å². The Bertz CT molecular complexity index is 723. The van der Waals surface area contributed by atoms with E-state index in [2.05, 4.69) is 31.8 Å². The Morgan fingerprint density at radius 1 is 1.24 bits per heavy atom. The van der Waals surface area contributed by atoms with Crippen LogP contribution in [-0.4, -0.2) is 28.1 Å². The highest BCUT2D eigenvalue weighted by Gasteiger charge is 2.06. The lowest BCUT2D eigenvalue weighted by Gasteiger charge is -2.05. The van der Waals surface area contributed by atoms with E-state index in [0.717, 1.165) is 28.5 Å². The summed E-state index contributed by atoms with van der Waals surface area (Å²) in [5.74, 6) is 0.815. The van der Waals surface area contributed by atoms with E-state index < -0.39 is 0 Å². The molecule has 0 bridgehead atoms. The molecule has 21 heavy (non-hydrogen) atoms. The molecule has 0 spiro atoms. The van der Waals surface area contributed by atoms with E-state index in [-0.39, 0.29) is 0 Å². The molecule has 1 aromatic carbocycles. The van der Waals surface area contributed by atoms with Crippen LogP contribution in [0.25, 0.3) is 10.8 Å². The summed E-state index contributed by atoms with van der Waals surface area (Å²) in [6.45, 7) is 1.28. The maximum atomic E-state index is 5.03. The van der Waals surface area contributed by atoms with Crippen LogP contribution in [0.15, 0.2) is 36.5 Å². The summed E-state index contributed by atoms with van der Waals surface area (Å²) in [5.41, 5.74) is 1.02. The third kappa shape index (κ3) is 3.34. The normalized spacial score (nSPS) is 10.9. The van der Waals surface area contributed by atoms with E-state index in [9.17, 15) is 0 Å². The van der Waals surface area contributed by atoms with Crippen molar-refractivity contribution in [3.63, 3.8) is 0 Å². The maximum absolute atomic E-state index is 5.03. The summed E-state index contributed by atoms with van der Waals surface area (Å²) in [7, 11) is 1.68. The largest absolute Gasteiger partial charge is 0.384 e. The van der Waals surface area contributed by atoms with Crippen molar-refractivity contribution >= 4 is 27.4 Å². The Balaban J connectivity index is 1.70. The lowest BCUT2D eigenvalue weighted by molar-refractivity contribution is 0.201. The van der Waals surface area contributed by atoms with Crippen molar-refractivity contribution in [3.8, 4) is 0 Å². The molecule has 0 atom stereocenters. The molecule has 108 valence electrons. The monoisotopic (exact) mass is 300 g/mol. The van der Waals surface area contributed by atoms with Crippen LogP contribution < -0.4 is 5.32 Å². The van der Waals surface area contributed by atoms with Crippen LogP contribution in [-0.2, 0) is 17.7 Å². The van der Waals surface area contributed by atoms with Crippen molar-refractivity contribution in [3.05, 3.63) is 48.0 Å². The van der Waals surface area contributed by atoms with Gasteiger partial charge in [0.1, 0.15) is 5.82 Å². The van der Waals surface area contributed by atoms with Gasteiger partial charge in [0.2, 0.25) is 5.13 Å². The summed E-state index contributed by atoms with van der Waals surface area (Å²) in [4.78, 5) is 8.88. The summed E-state index contributed by atoms with van der Waals surface area (Å²) >= 11 is 1.37. The Labute approximate surface area is 127 Å². The van der Waals surface area contributed by atoms with Crippen LogP contribution in [0, 0.1) is 0 Å². The van der Waals surface area contributed by atoms with Gasteiger partial charge in [0, 0.05) is 36.6 Å². The predicted molar refractivity (Wildman–Crippen MR) is 84.6 cm³/mol. The zero-order chi connectivity index (χ0) is 14.5. The Morgan fingerprint density at radius 3 is 3.05 bits per heavy atom. The SMILES string of the molecule is COCCc1nsc(NCc2nccc3ccccc23)n1. The molecule has 0 aliphatic rings. The third-order valence-electron chi connectivity index (χ3n) is 3.16. The second-order valence-corrected chi connectivity index (χ2v) is 5.34. The Morgan fingerprint density at radius 2 is 2.14 bits per heavy atom. The first kappa shape index (κ1) is 13.9. The third-order valence-corrected chi connectivity index (χ3v) is 3.87. The summed E-state index contributed by atoms with van der Waals surface area (Å²) in [6, 6.07) is 10.3. The molecule has 0 radical (unpaired) electrons. The topological polar surface area (TPSA) is 59.9 Å². The molecule has 0 unspecified atom stereocenters. The highest BCUT2D eigenvalue weighted by Crippen LogP contribution is 2.18. The number of benzene rings is 1. The molecule has 0 saturated heterocycles. The first-order valence-corrected chi connectivity index (χ1v) is 7.52. The molecule has 0 fully saturated rings. The molecule has 1 N–H and O–H groups in total. The van der Waals surface area contributed by atoms with E-state index in [1.165, 1.54) is 16.9 Å². The zero-order valence-corrected chi connectivity index (χ0v) is 12.6. The van der Waals surface area contributed by atoms with Gasteiger partial charge < -0.3 is 10.1 Å². The van der Waals surface area contributed by atoms with E-state index >= 15 is 0 Å². The molecule has 0 amide bonds. The number of hydrogen-bond donors (Lipinski definition) is 1. The van der Waals surface area contributed by atoms with Gasteiger partial charge in [0.15, 0.2) is 0 Å². The fourth-order valence-electron chi connectivity index (χ4n) is 2.10. The van der Waals surface area contributed by atoms with Crippen molar-refractivity contribution in [2.45, 2.75) is 13.0 Å². The number of methoxy groups -OCH3 is 1. The molecule has 0 aliphatic carbocycles. The first-order chi connectivity index (χ1) is 10.4. The minimum absolute atomic E-state index is 0.639. The standard InChI is InChI=1S/C15H16N4OS/c1-20-9-7-14-18-15(21-19-14)17-10-13-12-5-3-2-4-11(12)6-8-16-13/h2-6,8H,7,9-10H2,1H3,(H,17,18,19). The van der Waals surface area contributed by atoms with E-state index in [1.807, 2.05) is 24.4 Å². The second-order valence-electron chi connectivity index (χ2n) is 4.59. The number of pyridine rings is 1. The van der Waals surface area contributed by atoms with E-state index in [4.69, 9.17) is 4.74 Å². The van der Waals surface area contributed by atoms with Crippen LogP contribution >= 0.6 is 11.5 Å². The van der Waals surface area contributed by atoms with Crippen molar-refractivity contribution in [2.75, 3.05) is 19.0 Å². The van der Waals surface area contributed by atoms with Crippen molar-refractivity contribution < 1.29 is 4.74 Å².